The summed E-state index contributed by atoms with van der Waals surface area (Å²) in [5, 5.41) is 0. The van der Waals surface area contributed by atoms with Crippen molar-refractivity contribution in [3.8, 4) is 11.8 Å². The fourth-order valence-corrected chi connectivity index (χ4v) is 1.54. The topological polar surface area (TPSA) is 79.5 Å². The van der Waals surface area contributed by atoms with Gasteiger partial charge < -0.3 is 19.9 Å². The summed E-state index contributed by atoms with van der Waals surface area (Å²) < 4.78 is 16.3. The third kappa shape index (κ3) is 2.97. The fraction of sp³-hybridized carbons (Fsp3) is 0.636. The summed E-state index contributed by atoms with van der Waals surface area (Å²) in [7, 11) is 0. The van der Waals surface area contributed by atoms with Crippen molar-refractivity contribution in [1.29, 1.82) is 0 Å². The molecule has 0 bridgehead atoms. The van der Waals surface area contributed by atoms with Gasteiger partial charge >= 0.3 is 0 Å². The van der Waals surface area contributed by atoms with Crippen molar-refractivity contribution in [3.05, 3.63) is 6.33 Å². The third-order valence-electron chi connectivity index (χ3n) is 2.42. The quantitative estimate of drug-likeness (QED) is 0.826. The number of rotatable bonds is 5. The highest BCUT2D eigenvalue weighted by molar-refractivity contribution is 5.55. The van der Waals surface area contributed by atoms with Crippen molar-refractivity contribution >= 4 is 5.69 Å². The van der Waals surface area contributed by atoms with Crippen LogP contribution in [0.25, 0.3) is 0 Å². The molecule has 0 saturated carbocycles. The highest BCUT2D eigenvalue weighted by Gasteiger charge is 2.20. The summed E-state index contributed by atoms with van der Waals surface area (Å²) in [6, 6.07) is 0. The molecule has 1 aromatic rings. The SMILES string of the molecule is CCCOc1ncnc(OC2CCOC2)c1N. The molecule has 1 saturated heterocycles. The van der Waals surface area contributed by atoms with E-state index in [9.17, 15) is 0 Å². The maximum Gasteiger partial charge on any atom is 0.244 e. The van der Waals surface area contributed by atoms with Gasteiger partial charge in [-0.2, -0.15) is 9.97 Å². The van der Waals surface area contributed by atoms with Crippen LogP contribution in [-0.2, 0) is 4.74 Å². The van der Waals surface area contributed by atoms with Gasteiger partial charge in [0.15, 0.2) is 5.69 Å². The highest BCUT2D eigenvalue weighted by atomic mass is 16.6. The van der Waals surface area contributed by atoms with E-state index in [-0.39, 0.29) is 6.10 Å². The first-order valence-electron chi connectivity index (χ1n) is 5.79. The zero-order chi connectivity index (χ0) is 12.1. The lowest BCUT2D eigenvalue weighted by Gasteiger charge is -2.14. The van der Waals surface area contributed by atoms with E-state index in [4.69, 9.17) is 19.9 Å². The molecular formula is C11H17N3O3. The summed E-state index contributed by atoms with van der Waals surface area (Å²) in [4.78, 5) is 8.00. The molecule has 1 aliphatic heterocycles. The molecule has 0 aromatic carbocycles. The Morgan fingerprint density at radius 3 is 3.00 bits per heavy atom. The minimum Gasteiger partial charge on any atom is -0.476 e. The third-order valence-corrected chi connectivity index (χ3v) is 2.42. The molecule has 2 heterocycles. The average Bonchev–Trinajstić information content (AvgIpc) is 2.83. The largest absolute Gasteiger partial charge is 0.476 e. The number of aromatic nitrogens is 2. The second-order valence-corrected chi connectivity index (χ2v) is 3.85. The summed E-state index contributed by atoms with van der Waals surface area (Å²) in [5.41, 5.74) is 6.24. The van der Waals surface area contributed by atoms with E-state index in [1.807, 2.05) is 6.92 Å². The molecule has 1 fully saturated rings. The Hall–Kier alpha value is -1.56. The second kappa shape index (κ2) is 5.67. The number of nitrogens with zero attached hydrogens (tertiary/aromatic N) is 2. The number of nitrogen functional groups attached to an aromatic ring is 1. The Morgan fingerprint density at radius 2 is 2.29 bits per heavy atom. The number of hydrogen-bond donors (Lipinski definition) is 1. The zero-order valence-electron chi connectivity index (χ0n) is 9.89. The Bertz CT molecular complexity index is 367. The van der Waals surface area contributed by atoms with Gasteiger partial charge in [0.2, 0.25) is 11.8 Å². The van der Waals surface area contributed by atoms with Gasteiger partial charge in [-0.3, -0.25) is 0 Å². The van der Waals surface area contributed by atoms with E-state index in [2.05, 4.69) is 9.97 Å². The van der Waals surface area contributed by atoms with Gasteiger partial charge in [-0.15, -0.1) is 0 Å². The van der Waals surface area contributed by atoms with Crippen LogP contribution in [0.3, 0.4) is 0 Å². The van der Waals surface area contributed by atoms with Crippen LogP contribution >= 0.6 is 0 Å². The fourth-order valence-electron chi connectivity index (χ4n) is 1.54. The van der Waals surface area contributed by atoms with Gasteiger partial charge in [0.05, 0.1) is 19.8 Å². The molecule has 1 aromatic heterocycles. The van der Waals surface area contributed by atoms with Crippen LogP contribution in [0.15, 0.2) is 6.33 Å². The molecule has 2 rings (SSSR count). The standard InChI is InChI=1S/C11H17N3O3/c1-2-4-16-10-9(12)11(14-7-13-10)17-8-3-5-15-6-8/h7-8H,2-6,12H2,1H3. The number of nitrogens with two attached hydrogens (primary N) is 1. The van der Waals surface area contributed by atoms with Gasteiger partial charge in [0, 0.05) is 6.42 Å². The highest BCUT2D eigenvalue weighted by Crippen LogP contribution is 2.28. The van der Waals surface area contributed by atoms with E-state index in [0.717, 1.165) is 19.4 Å². The van der Waals surface area contributed by atoms with Gasteiger partial charge in [0.25, 0.3) is 0 Å². The molecule has 0 spiro atoms. The van der Waals surface area contributed by atoms with Crippen LogP contribution in [0.4, 0.5) is 5.69 Å². The number of ether oxygens (including phenoxy) is 3. The summed E-state index contributed by atoms with van der Waals surface area (Å²) >= 11 is 0. The molecular weight excluding hydrogens is 222 g/mol. The molecule has 1 unspecified atom stereocenters. The van der Waals surface area contributed by atoms with Gasteiger partial charge in [-0.05, 0) is 6.42 Å². The van der Waals surface area contributed by atoms with Gasteiger partial charge in [0.1, 0.15) is 12.4 Å². The Labute approximate surface area is 100 Å². The lowest BCUT2D eigenvalue weighted by atomic mass is 10.3. The molecule has 94 valence electrons. The monoisotopic (exact) mass is 239 g/mol. The van der Waals surface area contributed by atoms with E-state index in [1.165, 1.54) is 6.33 Å². The van der Waals surface area contributed by atoms with E-state index in [0.29, 0.717) is 30.7 Å². The van der Waals surface area contributed by atoms with E-state index >= 15 is 0 Å². The van der Waals surface area contributed by atoms with Crippen molar-refractivity contribution in [3.63, 3.8) is 0 Å². The Balaban J connectivity index is 2.05. The van der Waals surface area contributed by atoms with Crippen molar-refractivity contribution in [2.45, 2.75) is 25.9 Å². The first-order chi connectivity index (χ1) is 8.31. The van der Waals surface area contributed by atoms with Crippen LogP contribution in [0, 0.1) is 0 Å². The van der Waals surface area contributed by atoms with Crippen LogP contribution in [0.1, 0.15) is 19.8 Å². The van der Waals surface area contributed by atoms with Crippen LogP contribution in [0.5, 0.6) is 11.8 Å². The Kier molecular flexibility index (Phi) is 3.98. The molecule has 0 aliphatic carbocycles. The van der Waals surface area contributed by atoms with Gasteiger partial charge in [-0.1, -0.05) is 6.92 Å². The van der Waals surface area contributed by atoms with Crippen LogP contribution < -0.4 is 15.2 Å². The molecule has 6 nitrogen and oxygen atoms in total. The van der Waals surface area contributed by atoms with Crippen molar-refractivity contribution < 1.29 is 14.2 Å². The summed E-state index contributed by atoms with van der Waals surface area (Å²) in [6.45, 7) is 3.89. The second-order valence-electron chi connectivity index (χ2n) is 3.85. The van der Waals surface area contributed by atoms with E-state index < -0.39 is 0 Å². The molecule has 2 N–H and O–H groups in total. The first kappa shape index (κ1) is 11.9. The molecule has 1 aliphatic rings. The van der Waals surface area contributed by atoms with Crippen molar-refractivity contribution in [1.82, 2.24) is 9.97 Å². The minimum absolute atomic E-state index is 0.0197. The predicted molar refractivity (Wildman–Crippen MR) is 62.1 cm³/mol. The maximum absolute atomic E-state index is 5.89. The average molecular weight is 239 g/mol. The molecule has 6 heteroatoms. The molecule has 17 heavy (non-hydrogen) atoms. The lowest BCUT2D eigenvalue weighted by molar-refractivity contribution is 0.138. The zero-order valence-corrected chi connectivity index (χ0v) is 9.89. The van der Waals surface area contributed by atoms with E-state index in [1.54, 1.807) is 0 Å². The maximum atomic E-state index is 5.89. The summed E-state index contributed by atoms with van der Waals surface area (Å²) in [6.07, 6.45) is 3.17. The lowest BCUT2D eigenvalue weighted by Crippen LogP contribution is -2.18. The van der Waals surface area contributed by atoms with Crippen molar-refractivity contribution in [2.75, 3.05) is 25.6 Å². The van der Waals surface area contributed by atoms with Crippen molar-refractivity contribution in [2.24, 2.45) is 0 Å². The minimum atomic E-state index is 0.0197. The summed E-state index contributed by atoms with van der Waals surface area (Å²) in [5.74, 6) is 0.761. The van der Waals surface area contributed by atoms with Gasteiger partial charge in [-0.25, -0.2) is 0 Å². The molecule has 1 atom stereocenters. The first-order valence-corrected chi connectivity index (χ1v) is 5.79. The number of hydrogen-bond acceptors (Lipinski definition) is 6. The molecule has 0 amide bonds. The van der Waals surface area contributed by atoms with Crippen LogP contribution in [0.2, 0.25) is 0 Å². The molecule has 0 radical (unpaired) electrons. The Morgan fingerprint density at radius 1 is 1.47 bits per heavy atom. The smallest absolute Gasteiger partial charge is 0.244 e. The number of anilines is 1. The normalized spacial score (nSPS) is 19.2. The predicted octanol–water partition coefficient (Wildman–Crippen LogP) is 1.02. The van der Waals surface area contributed by atoms with Crippen LogP contribution in [-0.4, -0.2) is 35.9 Å².